The van der Waals surface area contributed by atoms with Crippen molar-refractivity contribution in [2.75, 3.05) is 5.32 Å². The fraction of sp³-hybridized carbons (Fsp3) is 0.211. The van der Waals surface area contributed by atoms with Crippen LogP contribution in [0.2, 0.25) is 0 Å². The molecule has 27 heavy (non-hydrogen) atoms. The molecule has 1 N–H and O–H groups in total. The number of thiazole rings is 1. The van der Waals surface area contributed by atoms with Gasteiger partial charge in [0.05, 0.1) is 15.9 Å². The van der Waals surface area contributed by atoms with Gasteiger partial charge in [-0.05, 0) is 59.2 Å². The molecule has 0 fully saturated rings. The number of aromatic nitrogens is 5. The van der Waals surface area contributed by atoms with Crippen molar-refractivity contribution in [3.05, 3.63) is 59.9 Å². The second-order valence-corrected chi connectivity index (χ2v) is 7.21. The molecule has 0 radical (unpaired) electrons. The lowest BCUT2D eigenvalue weighted by Crippen LogP contribution is -2.12. The molecule has 1 amide bonds. The van der Waals surface area contributed by atoms with Gasteiger partial charge in [0.1, 0.15) is 6.33 Å². The number of amides is 1. The molecule has 2 aromatic heterocycles. The molecule has 0 aliphatic heterocycles. The van der Waals surface area contributed by atoms with Crippen LogP contribution in [0.25, 0.3) is 15.9 Å². The number of fused-ring (bicyclic) bond motifs is 1. The largest absolute Gasteiger partial charge is 0.298 e. The molecule has 4 rings (SSSR count). The Kier molecular flexibility index (Phi) is 4.88. The molecular formula is C19H18N6OS. The quantitative estimate of drug-likeness (QED) is 0.550. The molecule has 2 aromatic carbocycles. The van der Waals surface area contributed by atoms with Gasteiger partial charge in [0.15, 0.2) is 5.13 Å². The van der Waals surface area contributed by atoms with Crippen LogP contribution in [-0.4, -0.2) is 31.1 Å². The van der Waals surface area contributed by atoms with Gasteiger partial charge in [0.2, 0.25) is 0 Å². The smallest absolute Gasteiger partial charge is 0.257 e. The normalized spacial score (nSPS) is 11.0. The van der Waals surface area contributed by atoms with E-state index in [1.54, 1.807) is 18.2 Å². The van der Waals surface area contributed by atoms with Gasteiger partial charge in [0, 0.05) is 5.56 Å². The lowest BCUT2D eigenvalue weighted by molar-refractivity contribution is 0.102. The highest BCUT2D eigenvalue weighted by atomic mass is 32.1. The first-order chi connectivity index (χ1) is 13.2. The first-order valence-electron chi connectivity index (χ1n) is 8.77. The highest BCUT2D eigenvalue weighted by molar-refractivity contribution is 7.22. The Morgan fingerprint density at radius 2 is 2.15 bits per heavy atom. The summed E-state index contributed by atoms with van der Waals surface area (Å²) in [5, 5.41) is 14.6. The monoisotopic (exact) mass is 378 g/mol. The van der Waals surface area contributed by atoms with Crippen molar-refractivity contribution in [3.8, 4) is 5.69 Å². The standard InChI is InChI=1S/C19H18N6OS/c1-2-3-5-13-8-9-16-17(10-13)27-19(21-16)22-18(26)14-6-4-7-15(11-14)25-12-20-23-24-25/h4,6-12H,2-3,5H2,1H3,(H,21,22,26). The van der Waals surface area contributed by atoms with Gasteiger partial charge in [-0.15, -0.1) is 5.10 Å². The Hall–Kier alpha value is -3.13. The van der Waals surface area contributed by atoms with Crippen molar-refractivity contribution in [1.29, 1.82) is 0 Å². The fourth-order valence-electron chi connectivity index (χ4n) is 2.80. The highest BCUT2D eigenvalue weighted by Gasteiger charge is 2.11. The maximum absolute atomic E-state index is 12.6. The van der Waals surface area contributed by atoms with E-state index >= 15 is 0 Å². The van der Waals surface area contributed by atoms with E-state index in [0.29, 0.717) is 10.7 Å². The number of nitrogens with one attached hydrogen (secondary N) is 1. The lowest BCUT2D eigenvalue weighted by atomic mass is 10.1. The van der Waals surface area contributed by atoms with Gasteiger partial charge in [-0.3, -0.25) is 10.1 Å². The Morgan fingerprint density at radius 3 is 2.96 bits per heavy atom. The average Bonchev–Trinajstić information content (AvgIpc) is 3.35. The number of hydrogen-bond donors (Lipinski definition) is 1. The van der Waals surface area contributed by atoms with Gasteiger partial charge in [-0.25, -0.2) is 9.67 Å². The number of anilines is 1. The van der Waals surface area contributed by atoms with Crippen LogP contribution < -0.4 is 5.32 Å². The second-order valence-electron chi connectivity index (χ2n) is 6.18. The number of nitrogens with zero attached hydrogens (tertiary/aromatic N) is 5. The Morgan fingerprint density at radius 1 is 1.22 bits per heavy atom. The van der Waals surface area contributed by atoms with Crippen molar-refractivity contribution >= 4 is 32.6 Å². The Labute approximate surface area is 160 Å². The summed E-state index contributed by atoms with van der Waals surface area (Å²) >= 11 is 1.49. The summed E-state index contributed by atoms with van der Waals surface area (Å²) in [5.74, 6) is -0.213. The first kappa shape index (κ1) is 17.3. The van der Waals surface area contributed by atoms with E-state index in [4.69, 9.17) is 0 Å². The summed E-state index contributed by atoms with van der Waals surface area (Å²) in [5.41, 5.74) is 3.45. The maximum Gasteiger partial charge on any atom is 0.257 e. The molecule has 0 aliphatic rings. The van der Waals surface area contributed by atoms with Crippen LogP contribution >= 0.6 is 11.3 Å². The van der Waals surface area contributed by atoms with Crippen molar-refractivity contribution in [2.45, 2.75) is 26.2 Å². The summed E-state index contributed by atoms with van der Waals surface area (Å²) in [6.45, 7) is 2.19. The summed E-state index contributed by atoms with van der Waals surface area (Å²) in [7, 11) is 0. The fourth-order valence-corrected chi connectivity index (χ4v) is 3.72. The van der Waals surface area contributed by atoms with Gasteiger partial charge in [-0.2, -0.15) is 0 Å². The molecule has 0 aliphatic carbocycles. The molecule has 2 heterocycles. The van der Waals surface area contributed by atoms with Crippen molar-refractivity contribution in [1.82, 2.24) is 25.2 Å². The SMILES string of the molecule is CCCCc1ccc2nc(NC(=O)c3cccc(-n4cnnn4)c3)sc2c1. The van der Waals surface area contributed by atoms with Gasteiger partial charge >= 0.3 is 0 Å². The van der Waals surface area contributed by atoms with Crippen LogP contribution in [0.15, 0.2) is 48.8 Å². The second kappa shape index (κ2) is 7.63. The zero-order valence-corrected chi connectivity index (χ0v) is 15.6. The summed E-state index contributed by atoms with van der Waals surface area (Å²) in [6.07, 6.45) is 4.90. The van der Waals surface area contributed by atoms with Crippen LogP contribution in [0.1, 0.15) is 35.7 Å². The van der Waals surface area contributed by atoms with E-state index in [1.165, 1.54) is 40.8 Å². The predicted molar refractivity (Wildman–Crippen MR) is 105 cm³/mol. The highest BCUT2D eigenvalue weighted by Crippen LogP contribution is 2.27. The minimum absolute atomic E-state index is 0.213. The number of tetrazole rings is 1. The van der Waals surface area contributed by atoms with E-state index in [-0.39, 0.29) is 5.91 Å². The number of hydrogen-bond acceptors (Lipinski definition) is 6. The molecule has 0 unspecified atom stereocenters. The molecule has 136 valence electrons. The number of benzene rings is 2. The van der Waals surface area contributed by atoms with Crippen LogP contribution in [0, 0.1) is 0 Å². The summed E-state index contributed by atoms with van der Waals surface area (Å²) < 4.78 is 2.59. The summed E-state index contributed by atoms with van der Waals surface area (Å²) in [6, 6.07) is 13.4. The lowest BCUT2D eigenvalue weighted by Gasteiger charge is -2.04. The number of rotatable bonds is 6. The zero-order valence-electron chi connectivity index (χ0n) is 14.8. The molecule has 8 heteroatoms. The molecule has 0 bridgehead atoms. The number of aryl methyl sites for hydroxylation is 1. The first-order valence-corrected chi connectivity index (χ1v) is 9.59. The van der Waals surface area contributed by atoms with Gasteiger partial charge in [0.25, 0.3) is 5.91 Å². The van der Waals surface area contributed by atoms with Crippen LogP contribution in [0.4, 0.5) is 5.13 Å². The number of carbonyl (C=O) groups excluding carboxylic acids is 1. The number of unbranched alkanes of at least 4 members (excludes halogenated alkanes) is 1. The molecule has 0 spiro atoms. The van der Waals surface area contributed by atoms with Crippen molar-refractivity contribution < 1.29 is 4.79 Å². The number of carbonyl (C=O) groups is 1. The van der Waals surface area contributed by atoms with Crippen LogP contribution in [-0.2, 0) is 6.42 Å². The Bertz CT molecular complexity index is 1070. The Balaban J connectivity index is 1.53. The van der Waals surface area contributed by atoms with E-state index in [1.807, 2.05) is 12.1 Å². The third kappa shape index (κ3) is 3.85. The minimum Gasteiger partial charge on any atom is -0.298 e. The van der Waals surface area contributed by atoms with Crippen LogP contribution in [0.3, 0.4) is 0 Å². The topological polar surface area (TPSA) is 85.6 Å². The molecule has 4 aromatic rings. The van der Waals surface area contributed by atoms with E-state index in [2.05, 4.69) is 44.9 Å². The van der Waals surface area contributed by atoms with Crippen LogP contribution in [0.5, 0.6) is 0 Å². The third-order valence-corrected chi connectivity index (χ3v) is 5.15. The van der Waals surface area contributed by atoms with E-state index in [9.17, 15) is 4.79 Å². The minimum atomic E-state index is -0.213. The molecular weight excluding hydrogens is 360 g/mol. The van der Waals surface area contributed by atoms with E-state index < -0.39 is 0 Å². The van der Waals surface area contributed by atoms with Crippen molar-refractivity contribution in [2.24, 2.45) is 0 Å². The molecule has 0 atom stereocenters. The molecule has 7 nitrogen and oxygen atoms in total. The third-order valence-electron chi connectivity index (χ3n) is 4.21. The van der Waals surface area contributed by atoms with Crippen molar-refractivity contribution in [3.63, 3.8) is 0 Å². The van der Waals surface area contributed by atoms with Gasteiger partial charge in [-0.1, -0.05) is 36.8 Å². The van der Waals surface area contributed by atoms with E-state index in [0.717, 1.165) is 22.3 Å². The predicted octanol–water partition coefficient (Wildman–Crippen LogP) is 3.87. The summed E-state index contributed by atoms with van der Waals surface area (Å²) in [4.78, 5) is 17.1. The molecule has 0 saturated heterocycles. The molecule has 0 saturated carbocycles. The average molecular weight is 378 g/mol. The maximum atomic E-state index is 12.6. The zero-order chi connectivity index (χ0) is 18.6. The van der Waals surface area contributed by atoms with Gasteiger partial charge < -0.3 is 0 Å².